The molecule has 59 heavy (non-hydrogen) atoms. The summed E-state index contributed by atoms with van der Waals surface area (Å²) >= 11 is 0. The Morgan fingerprint density at radius 3 is 1.92 bits per heavy atom. The summed E-state index contributed by atoms with van der Waals surface area (Å²) in [6.07, 6.45) is 0. The lowest BCUT2D eigenvalue weighted by Crippen LogP contribution is -2.00. The van der Waals surface area contributed by atoms with Crippen molar-refractivity contribution in [3.05, 3.63) is 182 Å². The lowest BCUT2D eigenvalue weighted by atomic mass is 10.0. The average molecular weight is 755 g/mol. The van der Waals surface area contributed by atoms with Gasteiger partial charge in [0.2, 0.25) is 0 Å². The molecule has 0 spiro atoms. The summed E-state index contributed by atoms with van der Waals surface area (Å²) in [5, 5.41) is 11.2. The van der Waals surface area contributed by atoms with Crippen molar-refractivity contribution in [2.24, 2.45) is 0 Å². The normalized spacial score (nSPS) is 12.1. The van der Waals surface area contributed by atoms with E-state index in [2.05, 4.69) is 120 Å². The Morgan fingerprint density at radius 2 is 1.02 bits per heavy atom. The third kappa shape index (κ3) is 4.77. The second-order valence-electron chi connectivity index (χ2n) is 15.1. The van der Waals surface area contributed by atoms with Crippen molar-refractivity contribution in [2.45, 2.75) is 0 Å². The molecule has 13 rings (SSSR count). The first kappa shape index (κ1) is 32.0. The van der Waals surface area contributed by atoms with Gasteiger partial charge in [0, 0.05) is 49.1 Å². The van der Waals surface area contributed by atoms with Gasteiger partial charge in [-0.1, -0.05) is 127 Å². The maximum Gasteiger partial charge on any atom is 0.167 e. The summed E-state index contributed by atoms with van der Waals surface area (Å²) in [7, 11) is 0. The highest BCUT2D eigenvalue weighted by molar-refractivity contribution is 6.21. The van der Waals surface area contributed by atoms with Crippen molar-refractivity contribution in [2.75, 3.05) is 0 Å². The van der Waals surface area contributed by atoms with Crippen molar-refractivity contribution >= 4 is 87.2 Å². The predicted octanol–water partition coefficient (Wildman–Crippen LogP) is 14.1. The van der Waals surface area contributed by atoms with Crippen molar-refractivity contribution < 1.29 is 8.83 Å². The molecule has 6 heteroatoms. The Kier molecular flexibility index (Phi) is 6.63. The van der Waals surface area contributed by atoms with E-state index < -0.39 is 0 Å². The van der Waals surface area contributed by atoms with E-state index in [0.29, 0.717) is 17.5 Å². The number of benzene rings is 9. The molecular formula is C53H30N4O2. The van der Waals surface area contributed by atoms with Gasteiger partial charge in [0.05, 0.1) is 16.6 Å². The van der Waals surface area contributed by atoms with Gasteiger partial charge < -0.3 is 13.4 Å². The van der Waals surface area contributed by atoms with Crippen LogP contribution in [0.3, 0.4) is 0 Å². The maximum atomic E-state index is 6.85. The Hall–Kier alpha value is -8.09. The van der Waals surface area contributed by atoms with Crippen LogP contribution in [0, 0.1) is 0 Å². The van der Waals surface area contributed by atoms with Crippen LogP contribution in [-0.2, 0) is 0 Å². The van der Waals surface area contributed by atoms with E-state index in [-0.39, 0.29) is 0 Å². The molecule has 0 aliphatic heterocycles. The molecule has 0 bridgehead atoms. The van der Waals surface area contributed by atoms with Gasteiger partial charge in [-0.3, -0.25) is 0 Å². The Bertz CT molecular complexity index is 3860. The quantitative estimate of drug-likeness (QED) is 0.179. The van der Waals surface area contributed by atoms with E-state index in [9.17, 15) is 0 Å². The zero-order chi connectivity index (χ0) is 38.6. The van der Waals surface area contributed by atoms with Crippen molar-refractivity contribution in [3.63, 3.8) is 0 Å². The van der Waals surface area contributed by atoms with Gasteiger partial charge in [-0.25, -0.2) is 15.0 Å². The number of aromatic nitrogens is 4. The molecule has 0 radical (unpaired) electrons. The Morgan fingerprint density at radius 1 is 0.356 bits per heavy atom. The minimum Gasteiger partial charge on any atom is -0.456 e. The van der Waals surface area contributed by atoms with Crippen LogP contribution >= 0.6 is 0 Å². The number of fused-ring (bicyclic) bond motifs is 12. The first-order chi connectivity index (χ1) is 29.2. The summed E-state index contributed by atoms with van der Waals surface area (Å²) in [5.41, 5.74) is 9.14. The number of furan rings is 2. The van der Waals surface area contributed by atoms with E-state index in [1.54, 1.807) is 0 Å². The molecular weight excluding hydrogens is 725 g/mol. The van der Waals surface area contributed by atoms with Gasteiger partial charge in [-0.15, -0.1) is 0 Å². The maximum absolute atomic E-state index is 6.85. The molecule has 274 valence electrons. The number of para-hydroxylation sites is 3. The van der Waals surface area contributed by atoms with Crippen LogP contribution in [-0.4, -0.2) is 19.5 Å². The molecule has 0 atom stereocenters. The van der Waals surface area contributed by atoms with Crippen LogP contribution in [0.2, 0.25) is 0 Å². The smallest absolute Gasteiger partial charge is 0.167 e. The lowest BCUT2D eigenvalue weighted by Gasteiger charge is -2.10. The van der Waals surface area contributed by atoms with E-state index in [1.165, 1.54) is 32.6 Å². The van der Waals surface area contributed by atoms with Crippen LogP contribution in [0.4, 0.5) is 0 Å². The van der Waals surface area contributed by atoms with Gasteiger partial charge >= 0.3 is 0 Å². The lowest BCUT2D eigenvalue weighted by molar-refractivity contribution is 0.668. The fourth-order valence-electron chi connectivity index (χ4n) is 9.15. The molecule has 0 saturated carbocycles. The summed E-state index contributed by atoms with van der Waals surface area (Å²) in [5.74, 6) is 1.68. The van der Waals surface area contributed by atoms with Crippen LogP contribution in [0.25, 0.3) is 127 Å². The SMILES string of the molecule is c1ccc(-c2nc(-c3cccc4c3oc3ccc5ccc(-n6c7ccccc7c7cc8ccccc8cc76)cc5c34)nc(-c3cccc4oc5ccccc5c34)n2)cc1. The first-order valence-electron chi connectivity index (χ1n) is 19.8. The van der Waals surface area contributed by atoms with E-state index in [0.717, 1.165) is 77.0 Å². The van der Waals surface area contributed by atoms with Gasteiger partial charge in [0.25, 0.3) is 0 Å². The van der Waals surface area contributed by atoms with Gasteiger partial charge in [-0.2, -0.15) is 0 Å². The number of hydrogen-bond donors (Lipinski definition) is 0. The molecule has 4 aromatic heterocycles. The third-order valence-electron chi connectivity index (χ3n) is 11.8. The standard InChI is InChI=1S/C53H30N4O2/c1-2-12-32(13-3-1)51-54-52(39-19-11-23-46-48(39)37-17-7-9-22-45(37)58-46)56-53(55-51)40-20-10-18-38-49-41-30-35(26-24-31(41)25-27-47(49)59-50(38)40)57-43-21-8-6-16-36(43)42-28-33-14-4-5-15-34(33)29-44(42)57/h1-30H. The second kappa shape index (κ2) is 12.2. The van der Waals surface area contributed by atoms with Gasteiger partial charge in [0.15, 0.2) is 17.5 Å². The van der Waals surface area contributed by atoms with Crippen molar-refractivity contribution in [1.29, 1.82) is 0 Å². The minimum absolute atomic E-state index is 0.533. The monoisotopic (exact) mass is 754 g/mol. The number of rotatable bonds is 4. The van der Waals surface area contributed by atoms with Crippen LogP contribution < -0.4 is 0 Å². The molecule has 0 saturated heterocycles. The molecule has 0 unspecified atom stereocenters. The minimum atomic E-state index is 0.533. The topological polar surface area (TPSA) is 69.9 Å². The fourth-order valence-corrected chi connectivity index (χ4v) is 9.15. The molecule has 13 aromatic rings. The van der Waals surface area contributed by atoms with E-state index in [1.807, 2.05) is 66.7 Å². The predicted molar refractivity (Wildman–Crippen MR) is 240 cm³/mol. The largest absolute Gasteiger partial charge is 0.456 e. The molecule has 0 aliphatic carbocycles. The second-order valence-corrected chi connectivity index (χ2v) is 15.1. The van der Waals surface area contributed by atoms with Crippen LogP contribution in [0.1, 0.15) is 0 Å². The number of nitrogens with zero attached hydrogens (tertiary/aromatic N) is 4. The fraction of sp³-hybridized carbons (Fsp3) is 0. The molecule has 0 N–H and O–H groups in total. The highest BCUT2D eigenvalue weighted by Gasteiger charge is 2.22. The van der Waals surface area contributed by atoms with E-state index >= 15 is 0 Å². The average Bonchev–Trinajstić information content (AvgIpc) is 3.98. The van der Waals surface area contributed by atoms with Gasteiger partial charge in [-0.05, 0) is 76.1 Å². The summed E-state index contributed by atoms with van der Waals surface area (Å²) in [4.78, 5) is 15.4. The highest BCUT2D eigenvalue weighted by Crippen LogP contribution is 2.42. The highest BCUT2D eigenvalue weighted by atomic mass is 16.3. The summed E-state index contributed by atoms with van der Waals surface area (Å²) < 4.78 is 15.5. The Balaban J connectivity index is 1.04. The van der Waals surface area contributed by atoms with Gasteiger partial charge in [0.1, 0.15) is 22.3 Å². The molecule has 9 aromatic carbocycles. The molecule has 0 aliphatic rings. The molecule has 6 nitrogen and oxygen atoms in total. The zero-order valence-electron chi connectivity index (χ0n) is 31.4. The van der Waals surface area contributed by atoms with Crippen molar-refractivity contribution in [1.82, 2.24) is 19.5 Å². The third-order valence-corrected chi connectivity index (χ3v) is 11.8. The summed E-state index contributed by atoms with van der Waals surface area (Å²) in [6.45, 7) is 0. The Labute approximate surface area is 336 Å². The molecule has 0 amide bonds. The number of hydrogen-bond acceptors (Lipinski definition) is 5. The van der Waals surface area contributed by atoms with Crippen LogP contribution in [0.15, 0.2) is 191 Å². The molecule has 0 fully saturated rings. The van der Waals surface area contributed by atoms with E-state index in [4.69, 9.17) is 23.8 Å². The van der Waals surface area contributed by atoms with Crippen molar-refractivity contribution in [3.8, 4) is 39.9 Å². The summed E-state index contributed by atoms with van der Waals surface area (Å²) in [6, 6.07) is 63.3. The first-order valence-corrected chi connectivity index (χ1v) is 19.8. The molecule has 4 heterocycles. The van der Waals surface area contributed by atoms with Crippen LogP contribution in [0.5, 0.6) is 0 Å². The zero-order valence-corrected chi connectivity index (χ0v) is 31.4.